The number of rotatable bonds is 4. The maximum atomic E-state index is 12.9. The lowest BCUT2D eigenvalue weighted by Gasteiger charge is -2.29. The van der Waals surface area contributed by atoms with Gasteiger partial charge in [-0.15, -0.1) is 0 Å². The second kappa shape index (κ2) is 7.92. The molecule has 1 fully saturated rings. The molecule has 0 saturated heterocycles. The Kier molecular flexibility index (Phi) is 5.79. The summed E-state index contributed by atoms with van der Waals surface area (Å²) in [6, 6.07) is 4.70. The number of nitrogens with one attached hydrogen (secondary N) is 1. The minimum absolute atomic E-state index is 0.0169. The van der Waals surface area contributed by atoms with Crippen LogP contribution in [0.3, 0.4) is 0 Å². The summed E-state index contributed by atoms with van der Waals surface area (Å²) >= 11 is 5.94. The van der Waals surface area contributed by atoms with Gasteiger partial charge in [-0.3, -0.25) is 9.48 Å². The lowest BCUT2D eigenvalue weighted by molar-refractivity contribution is -0.137. The Bertz CT molecular complexity index is 811. The maximum Gasteiger partial charge on any atom is 0.416 e. The van der Waals surface area contributed by atoms with Gasteiger partial charge in [0, 0.05) is 18.8 Å². The van der Waals surface area contributed by atoms with Crippen molar-refractivity contribution < 1.29 is 18.0 Å². The van der Waals surface area contributed by atoms with Crippen molar-refractivity contribution in [2.45, 2.75) is 51.4 Å². The Labute approximate surface area is 160 Å². The lowest BCUT2D eigenvalue weighted by Crippen LogP contribution is -2.38. The average molecular weight is 400 g/mol. The van der Waals surface area contributed by atoms with Gasteiger partial charge in [0.05, 0.1) is 21.8 Å². The number of hydrogen-bond acceptors (Lipinski definition) is 2. The minimum Gasteiger partial charge on any atom is -0.349 e. The Morgan fingerprint density at radius 3 is 2.56 bits per heavy atom. The van der Waals surface area contributed by atoms with Crippen molar-refractivity contribution in [1.82, 2.24) is 15.1 Å². The van der Waals surface area contributed by atoms with E-state index in [0.29, 0.717) is 5.92 Å². The number of aryl methyl sites for hydroxylation is 1. The Hall–Kier alpha value is -2.02. The molecule has 27 heavy (non-hydrogen) atoms. The molecule has 0 spiro atoms. The highest BCUT2D eigenvalue weighted by atomic mass is 35.5. The molecular formula is C19H21ClF3N3O. The number of nitrogens with zero attached hydrogens (tertiary/aromatic N) is 2. The third kappa shape index (κ3) is 5.03. The highest BCUT2D eigenvalue weighted by molar-refractivity contribution is 6.33. The second-order valence-electron chi connectivity index (χ2n) is 7.06. The standard InChI is InChI=1S/C19H21ClF3N3O/c1-12-8-9-26(25-12)11-13-2-5-15(6-3-13)24-18(27)16-10-14(19(21,22)23)4-7-17(16)20/h4,7-10,13,15H,2-3,5-6,11H2,1H3,(H,24,27). The summed E-state index contributed by atoms with van der Waals surface area (Å²) in [6.07, 6.45) is 0.877. The topological polar surface area (TPSA) is 46.9 Å². The molecule has 0 radical (unpaired) electrons. The van der Waals surface area contributed by atoms with Crippen molar-refractivity contribution in [3.05, 3.63) is 52.3 Å². The molecule has 1 heterocycles. The van der Waals surface area contributed by atoms with Crippen LogP contribution in [-0.2, 0) is 12.7 Å². The predicted molar refractivity (Wildman–Crippen MR) is 96.6 cm³/mol. The van der Waals surface area contributed by atoms with Gasteiger partial charge in [-0.05, 0) is 62.8 Å². The molecule has 1 aromatic heterocycles. The molecule has 1 amide bonds. The van der Waals surface area contributed by atoms with E-state index in [2.05, 4.69) is 10.4 Å². The van der Waals surface area contributed by atoms with Crippen molar-refractivity contribution in [3.63, 3.8) is 0 Å². The van der Waals surface area contributed by atoms with E-state index < -0.39 is 17.6 Å². The molecule has 0 unspecified atom stereocenters. The summed E-state index contributed by atoms with van der Waals surface area (Å²) in [5, 5.41) is 7.24. The summed E-state index contributed by atoms with van der Waals surface area (Å²) < 4.78 is 40.5. The van der Waals surface area contributed by atoms with Crippen LogP contribution in [0.4, 0.5) is 13.2 Å². The Morgan fingerprint density at radius 1 is 1.26 bits per heavy atom. The van der Waals surface area contributed by atoms with Crippen molar-refractivity contribution in [1.29, 1.82) is 0 Å². The molecule has 0 bridgehead atoms. The van der Waals surface area contributed by atoms with Crippen molar-refractivity contribution in [3.8, 4) is 0 Å². The van der Waals surface area contributed by atoms with Crippen LogP contribution < -0.4 is 5.32 Å². The zero-order valence-electron chi connectivity index (χ0n) is 14.9. The first kappa shape index (κ1) is 19.7. The molecule has 1 N–H and O–H groups in total. The van der Waals surface area contributed by atoms with Crippen LogP contribution in [-0.4, -0.2) is 21.7 Å². The smallest absolute Gasteiger partial charge is 0.349 e. The third-order valence-electron chi connectivity index (χ3n) is 4.94. The summed E-state index contributed by atoms with van der Waals surface area (Å²) in [5.74, 6) is -0.0770. The fourth-order valence-electron chi connectivity index (χ4n) is 3.46. The molecule has 1 saturated carbocycles. The van der Waals surface area contributed by atoms with E-state index in [1.165, 1.54) is 0 Å². The van der Waals surface area contributed by atoms with E-state index in [9.17, 15) is 18.0 Å². The van der Waals surface area contributed by atoms with Crippen LogP contribution in [0, 0.1) is 12.8 Å². The fraction of sp³-hybridized carbons (Fsp3) is 0.474. The summed E-state index contributed by atoms with van der Waals surface area (Å²) in [6.45, 7) is 2.79. The summed E-state index contributed by atoms with van der Waals surface area (Å²) in [7, 11) is 0. The van der Waals surface area contributed by atoms with Crippen LogP contribution in [0.2, 0.25) is 5.02 Å². The second-order valence-corrected chi connectivity index (χ2v) is 7.47. The average Bonchev–Trinajstić information content (AvgIpc) is 3.01. The number of hydrogen-bond donors (Lipinski definition) is 1. The predicted octanol–water partition coefficient (Wildman–Crippen LogP) is 4.85. The highest BCUT2D eigenvalue weighted by Crippen LogP contribution is 2.32. The van der Waals surface area contributed by atoms with Gasteiger partial charge in [-0.2, -0.15) is 18.3 Å². The van der Waals surface area contributed by atoms with E-state index in [1.54, 1.807) is 0 Å². The molecule has 8 heteroatoms. The Morgan fingerprint density at radius 2 is 1.96 bits per heavy atom. The molecule has 3 rings (SSSR count). The number of carbonyl (C=O) groups excluding carboxylic acids is 1. The number of carbonyl (C=O) groups is 1. The van der Waals surface area contributed by atoms with Crippen LogP contribution in [0.5, 0.6) is 0 Å². The molecule has 146 valence electrons. The van der Waals surface area contributed by atoms with Gasteiger partial charge in [-0.25, -0.2) is 0 Å². The van der Waals surface area contributed by atoms with E-state index in [4.69, 9.17) is 11.6 Å². The van der Waals surface area contributed by atoms with Crippen LogP contribution in [0.25, 0.3) is 0 Å². The van der Waals surface area contributed by atoms with E-state index in [1.807, 2.05) is 23.9 Å². The first-order valence-electron chi connectivity index (χ1n) is 8.90. The molecular weight excluding hydrogens is 379 g/mol. The number of halogens is 4. The van der Waals surface area contributed by atoms with E-state index in [0.717, 1.165) is 56.1 Å². The van der Waals surface area contributed by atoms with E-state index >= 15 is 0 Å². The van der Waals surface area contributed by atoms with Gasteiger partial charge in [0.1, 0.15) is 0 Å². The largest absolute Gasteiger partial charge is 0.416 e. The molecule has 1 aromatic carbocycles. The van der Waals surface area contributed by atoms with Gasteiger partial charge < -0.3 is 5.32 Å². The van der Waals surface area contributed by atoms with Crippen molar-refractivity contribution >= 4 is 17.5 Å². The van der Waals surface area contributed by atoms with Gasteiger partial charge >= 0.3 is 6.18 Å². The van der Waals surface area contributed by atoms with Gasteiger partial charge in [-0.1, -0.05) is 11.6 Å². The molecule has 0 aliphatic heterocycles. The third-order valence-corrected chi connectivity index (χ3v) is 5.27. The zero-order valence-corrected chi connectivity index (χ0v) is 15.6. The maximum absolute atomic E-state index is 12.9. The molecule has 1 aliphatic rings. The first-order valence-corrected chi connectivity index (χ1v) is 9.28. The highest BCUT2D eigenvalue weighted by Gasteiger charge is 2.32. The van der Waals surface area contributed by atoms with Crippen LogP contribution in [0.1, 0.15) is 47.3 Å². The molecule has 0 atom stereocenters. The van der Waals surface area contributed by atoms with Gasteiger partial charge in [0.2, 0.25) is 0 Å². The van der Waals surface area contributed by atoms with Gasteiger partial charge in [0.25, 0.3) is 5.91 Å². The molecule has 4 nitrogen and oxygen atoms in total. The Balaban J connectivity index is 1.56. The number of amides is 1. The van der Waals surface area contributed by atoms with E-state index in [-0.39, 0.29) is 16.6 Å². The SMILES string of the molecule is Cc1ccn(CC2CCC(NC(=O)c3cc(C(F)(F)F)ccc3Cl)CC2)n1. The first-order chi connectivity index (χ1) is 12.7. The molecule has 1 aliphatic carbocycles. The zero-order chi connectivity index (χ0) is 19.6. The summed E-state index contributed by atoms with van der Waals surface area (Å²) in [5.41, 5.74) is -0.0372. The van der Waals surface area contributed by atoms with Crippen LogP contribution >= 0.6 is 11.6 Å². The minimum atomic E-state index is -4.51. The van der Waals surface area contributed by atoms with Crippen molar-refractivity contribution in [2.24, 2.45) is 5.92 Å². The number of benzene rings is 1. The molecule has 2 aromatic rings. The normalized spacial score (nSPS) is 20.5. The van der Waals surface area contributed by atoms with Crippen LogP contribution in [0.15, 0.2) is 30.5 Å². The number of aromatic nitrogens is 2. The monoisotopic (exact) mass is 399 g/mol. The summed E-state index contributed by atoms with van der Waals surface area (Å²) in [4.78, 5) is 12.4. The fourth-order valence-corrected chi connectivity index (χ4v) is 3.66. The van der Waals surface area contributed by atoms with Crippen molar-refractivity contribution in [2.75, 3.05) is 0 Å². The quantitative estimate of drug-likeness (QED) is 0.798. The number of alkyl halides is 3. The van der Waals surface area contributed by atoms with Gasteiger partial charge in [0.15, 0.2) is 0 Å². The lowest BCUT2D eigenvalue weighted by atomic mass is 9.86.